The van der Waals surface area contributed by atoms with Crippen molar-refractivity contribution in [2.24, 2.45) is 5.92 Å². The van der Waals surface area contributed by atoms with E-state index in [1.165, 1.54) is 11.8 Å². The first-order valence-electron chi connectivity index (χ1n) is 9.11. The van der Waals surface area contributed by atoms with Gasteiger partial charge in [0.15, 0.2) is 0 Å². The third kappa shape index (κ3) is 5.26. The predicted molar refractivity (Wildman–Crippen MR) is 103 cm³/mol. The van der Waals surface area contributed by atoms with Crippen LogP contribution in [0.2, 0.25) is 5.02 Å². The lowest BCUT2D eigenvalue weighted by Crippen LogP contribution is -2.40. The topological polar surface area (TPSA) is 49.3 Å². The van der Waals surface area contributed by atoms with E-state index in [1.54, 1.807) is 12.3 Å². The molecular weight excluding hydrogens is 348 g/mol. The minimum atomic E-state index is 0.0186. The van der Waals surface area contributed by atoms with Gasteiger partial charge in [0, 0.05) is 25.2 Å². The van der Waals surface area contributed by atoms with Crippen LogP contribution in [0.4, 0.5) is 0 Å². The molecule has 0 aliphatic carbocycles. The lowest BCUT2D eigenvalue weighted by atomic mass is 9.95. The van der Waals surface area contributed by atoms with Crippen molar-refractivity contribution in [3.05, 3.63) is 58.9 Å². The number of benzene rings is 1. The fraction of sp³-hybridized carbons (Fsp3) is 0.450. The Labute approximate surface area is 160 Å². The molecular formula is C20H25ClN4O. The van der Waals surface area contributed by atoms with E-state index in [0.29, 0.717) is 11.5 Å². The number of halogens is 1. The molecule has 3 rings (SSSR count). The van der Waals surface area contributed by atoms with Crippen molar-refractivity contribution < 1.29 is 4.79 Å². The number of rotatable bonds is 6. The summed E-state index contributed by atoms with van der Waals surface area (Å²) in [6.07, 6.45) is 6.40. The summed E-state index contributed by atoms with van der Waals surface area (Å²) in [5, 5.41) is 8.29. The highest BCUT2D eigenvalue weighted by Crippen LogP contribution is 2.19. The van der Waals surface area contributed by atoms with Crippen LogP contribution in [0.3, 0.4) is 0 Å². The molecule has 5 nitrogen and oxygen atoms in total. The number of carbonyl (C=O) groups excluding carboxylic acids is 1. The van der Waals surface area contributed by atoms with Gasteiger partial charge in [-0.15, -0.1) is 0 Å². The van der Waals surface area contributed by atoms with Gasteiger partial charge in [-0.05, 0) is 62.0 Å². The Balaban J connectivity index is 1.40. The summed E-state index contributed by atoms with van der Waals surface area (Å²) in [6.45, 7) is 4.06. The molecule has 1 aromatic carbocycles. The second-order valence-corrected chi connectivity index (χ2v) is 7.41. The molecule has 0 spiro atoms. The van der Waals surface area contributed by atoms with Crippen molar-refractivity contribution in [2.45, 2.75) is 19.3 Å². The number of hydrogen-bond donors (Lipinski definition) is 0. The maximum absolute atomic E-state index is 12.4. The molecule has 138 valence electrons. The van der Waals surface area contributed by atoms with Gasteiger partial charge >= 0.3 is 0 Å². The fourth-order valence-electron chi connectivity index (χ4n) is 3.44. The Kier molecular flexibility index (Phi) is 6.58. The standard InChI is InChI=1S/C20H25ClN4O/c1-24(20(26)18-6-10-22-23-14-18)15-17-8-12-25(13-9-17)11-7-16-2-4-19(21)5-3-16/h2-6,10,14,17H,7-9,11-13,15H2,1H3. The largest absolute Gasteiger partial charge is 0.341 e. The minimum Gasteiger partial charge on any atom is -0.341 e. The van der Waals surface area contributed by atoms with Gasteiger partial charge in [0.2, 0.25) is 0 Å². The zero-order valence-electron chi connectivity index (χ0n) is 15.1. The van der Waals surface area contributed by atoms with Crippen molar-refractivity contribution in [1.82, 2.24) is 20.0 Å². The second-order valence-electron chi connectivity index (χ2n) is 6.98. The average Bonchev–Trinajstić information content (AvgIpc) is 2.68. The van der Waals surface area contributed by atoms with Crippen LogP contribution in [0, 0.1) is 5.92 Å². The average molecular weight is 373 g/mol. The lowest BCUT2D eigenvalue weighted by molar-refractivity contribution is 0.0739. The van der Waals surface area contributed by atoms with E-state index in [-0.39, 0.29) is 5.91 Å². The van der Waals surface area contributed by atoms with Crippen LogP contribution in [0.15, 0.2) is 42.7 Å². The molecule has 0 N–H and O–H groups in total. The molecule has 0 atom stereocenters. The Morgan fingerprint density at radius 3 is 2.58 bits per heavy atom. The van der Waals surface area contributed by atoms with E-state index in [9.17, 15) is 4.79 Å². The molecule has 0 saturated carbocycles. The highest BCUT2D eigenvalue weighted by atomic mass is 35.5. The number of aromatic nitrogens is 2. The monoisotopic (exact) mass is 372 g/mol. The Morgan fingerprint density at radius 2 is 1.92 bits per heavy atom. The summed E-state index contributed by atoms with van der Waals surface area (Å²) >= 11 is 5.93. The zero-order valence-corrected chi connectivity index (χ0v) is 15.9. The van der Waals surface area contributed by atoms with E-state index in [0.717, 1.165) is 50.5 Å². The molecule has 1 aliphatic heterocycles. The zero-order chi connectivity index (χ0) is 18.4. The highest BCUT2D eigenvalue weighted by molar-refractivity contribution is 6.30. The van der Waals surface area contributed by atoms with Gasteiger partial charge in [-0.3, -0.25) is 4.79 Å². The van der Waals surface area contributed by atoms with Crippen LogP contribution in [-0.2, 0) is 6.42 Å². The normalized spacial score (nSPS) is 15.8. The number of hydrogen-bond acceptors (Lipinski definition) is 4. The molecule has 0 bridgehead atoms. The van der Waals surface area contributed by atoms with Gasteiger partial charge in [-0.25, -0.2) is 0 Å². The van der Waals surface area contributed by atoms with Crippen LogP contribution in [0.25, 0.3) is 0 Å². The summed E-state index contributed by atoms with van der Waals surface area (Å²) in [4.78, 5) is 16.7. The number of likely N-dealkylation sites (tertiary alicyclic amines) is 1. The molecule has 6 heteroatoms. The first-order valence-corrected chi connectivity index (χ1v) is 9.48. The number of amides is 1. The van der Waals surface area contributed by atoms with Crippen molar-refractivity contribution in [2.75, 3.05) is 33.2 Å². The molecule has 1 fully saturated rings. The molecule has 1 aromatic heterocycles. The highest BCUT2D eigenvalue weighted by Gasteiger charge is 2.22. The number of piperidine rings is 1. The van der Waals surface area contributed by atoms with Crippen molar-refractivity contribution >= 4 is 17.5 Å². The predicted octanol–water partition coefficient (Wildman–Crippen LogP) is 3.16. The molecule has 26 heavy (non-hydrogen) atoms. The summed E-state index contributed by atoms with van der Waals surface area (Å²) in [5.74, 6) is 0.579. The molecule has 2 aromatic rings. The van der Waals surface area contributed by atoms with E-state index < -0.39 is 0 Å². The molecule has 0 unspecified atom stereocenters. The third-order valence-electron chi connectivity index (χ3n) is 5.05. The van der Waals surface area contributed by atoms with Crippen molar-refractivity contribution in [1.29, 1.82) is 0 Å². The van der Waals surface area contributed by atoms with Crippen LogP contribution >= 0.6 is 11.6 Å². The quantitative estimate of drug-likeness (QED) is 0.781. The van der Waals surface area contributed by atoms with Gasteiger partial charge < -0.3 is 9.80 Å². The summed E-state index contributed by atoms with van der Waals surface area (Å²) in [5.41, 5.74) is 1.93. The number of nitrogens with zero attached hydrogens (tertiary/aromatic N) is 4. The van der Waals surface area contributed by atoms with E-state index >= 15 is 0 Å². The first-order chi connectivity index (χ1) is 12.6. The Bertz CT molecular complexity index is 700. The maximum atomic E-state index is 12.4. The number of carbonyl (C=O) groups is 1. The van der Waals surface area contributed by atoms with Gasteiger partial charge in [0.05, 0.1) is 18.0 Å². The minimum absolute atomic E-state index is 0.0186. The van der Waals surface area contributed by atoms with Crippen molar-refractivity contribution in [3.8, 4) is 0 Å². The van der Waals surface area contributed by atoms with Crippen LogP contribution in [0.1, 0.15) is 28.8 Å². The molecule has 1 amide bonds. The SMILES string of the molecule is CN(CC1CCN(CCc2ccc(Cl)cc2)CC1)C(=O)c1ccnnc1. The van der Waals surface area contributed by atoms with Crippen molar-refractivity contribution in [3.63, 3.8) is 0 Å². The second kappa shape index (κ2) is 9.10. The summed E-state index contributed by atoms with van der Waals surface area (Å²) in [7, 11) is 1.87. The van der Waals surface area contributed by atoms with Crippen LogP contribution in [0.5, 0.6) is 0 Å². The third-order valence-corrected chi connectivity index (χ3v) is 5.30. The van der Waals surface area contributed by atoms with E-state index in [4.69, 9.17) is 11.6 Å². The fourth-order valence-corrected chi connectivity index (χ4v) is 3.56. The molecule has 0 radical (unpaired) electrons. The van der Waals surface area contributed by atoms with Crippen LogP contribution in [-0.4, -0.2) is 59.1 Å². The Hall–Kier alpha value is -1.98. The van der Waals surface area contributed by atoms with Gasteiger partial charge in [0.25, 0.3) is 5.91 Å². The first kappa shape index (κ1) is 18.8. The lowest BCUT2D eigenvalue weighted by Gasteiger charge is -2.34. The van der Waals surface area contributed by atoms with Crippen LogP contribution < -0.4 is 0 Å². The van der Waals surface area contributed by atoms with E-state index in [1.807, 2.05) is 24.1 Å². The summed E-state index contributed by atoms with van der Waals surface area (Å²) < 4.78 is 0. The Morgan fingerprint density at radius 1 is 1.19 bits per heavy atom. The molecule has 1 aliphatic rings. The molecule has 2 heterocycles. The van der Waals surface area contributed by atoms with Gasteiger partial charge in [-0.2, -0.15) is 10.2 Å². The smallest absolute Gasteiger partial charge is 0.255 e. The maximum Gasteiger partial charge on any atom is 0.255 e. The molecule has 1 saturated heterocycles. The summed E-state index contributed by atoms with van der Waals surface area (Å²) in [6, 6.07) is 9.82. The van der Waals surface area contributed by atoms with Gasteiger partial charge in [-0.1, -0.05) is 23.7 Å². The van der Waals surface area contributed by atoms with Gasteiger partial charge in [0.1, 0.15) is 0 Å². The van der Waals surface area contributed by atoms with E-state index in [2.05, 4.69) is 27.2 Å².